The number of rotatable bonds is 4. The normalized spacial score (nSPS) is 18.3. The van der Waals surface area contributed by atoms with Crippen LogP contribution in [0.3, 0.4) is 0 Å². The van der Waals surface area contributed by atoms with Crippen molar-refractivity contribution in [3.63, 3.8) is 0 Å². The van der Waals surface area contributed by atoms with Gasteiger partial charge in [0, 0.05) is 18.2 Å². The lowest BCUT2D eigenvalue weighted by Crippen LogP contribution is -2.38. The Bertz CT molecular complexity index is 413. The molecule has 0 bridgehead atoms. The van der Waals surface area contributed by atoms with E-state index in [0.29, 0.717) is 17.3 Å². The Morgan fingerprint density at radius 3 is 2.58 bits per heavy atom. The van der Waals surface area contributed by atoms with Gasteiger partial charge in [-0.15, -0.1) is 0 Å². The summed E-state index contributed by atoms with van der Waals surface area (Å²) in [5.74, 6) is -0.217. The van der Waals surface area contributed by atoms with Crippen molar-refractivity contribution in [3.05, 3.63) is 29.6 Å². The van der Waals surface area contributed by atoms with Crippen molar-refractivity contribution >= 4 is 5.69 Å². The molecule has 3 heteroatoms. The molecule has 2 rings (SSSR count). The van der Waals surface area contributed by atoms with E-state index in [-0.39, 0.29) is 5.82 Å². The summed E-state index contributed by atoms with van der Waals surface area (Å²) in [5, 5.41) is 9.88. The fourth-order valence-corrected chi connectivity index (χ4v) is 3.16. The van der Waals surface area contributed by atoms with Crippen LogP contribution in [0.2, 0.25) is 0 Å². The largest absolute Gasteiger partial charge is 0.389 e. The standard InChI is InChI=1S/C16H24FNO/c1-3-18(13-8-5-4-6-9-13)16-14(12(2)19)10-7-11-15(16)17/h7,10-13,19H,3-6,8-9H2,1-2H3/t12-/m1/s1. The summed E-state index contributed by atoms with van der Waals surface area (Å²) < 4.78 is 14.2. The molecule has 1 aliphatic rings. The number of aliphatic hydroxyl groups excluding tert-OH is 1. The Hall–Kier alpha value is -1.09. The Kier molecular flexibility index (Phi) is 4.81. The van der Waals surface area contributed by atoms with Crippen molar-refractivity contribution in [3.8, 4) is 0 Å². The number of para-hydroxylation sites is 1. The van der Waals surface area contributed by atoms with Crippen LogP contribution in [0, 0.1) is 5.82 Å². The zero-order chi connectivity index (χ0) is 13.8. The molecule has 0 amide bonds. The quantitative estimate of drug-likeness (QED) is 0.888. The second-order valence-electron chi connectivity index (χ2n) is 5.43. The second-order valence-corrected chi connectivity index (χ2v) is 5.43. The first kappa shape index (κ1) is 14.3. The van der Waals surface area contributed by atoms with Crippen LogP contribution in [0.4, 0.5) is 10.1 Å². The molecule has 1 N–H and O–H groups in total. The van der Waals surface area contributed by atoms with E-state index in [4.69, 9.17) is 0 Å². The molecule has 1 aromatic rings. The van der Waals surface area contributed by atoms with Crippen LogP contribution in [0.25, 0.3) is 0 Å². The summed E-state index contributed by atoms with van der Waals surface area (Å²) in [5.41, 5.74) is 1.30. The molecule has 1 fully saturated rings. The van der Waals surface area contributed by atoms with Gasteiger partial charge in [-0.3, -0.25) is 0 Å². The van der Waals surface area contributed by atoms with Gasteiger partial charge in [-0.05, 0) is 32.8 Å². The first-order valence-corrected chi connectivity index (χ1v) is 7.38. The Balaban J connectivity index is 2.36. The summed E-state index contributed by atoms with van der Waals surface area (Å²) in [6.45, 7) is 4.55. The first-order chi connectivity index (χ1) is 9.15. The number of aliphatic hydroxyl groups is 1. The predicted molar refractivity (Wildman–Crippen MR) is 76.9 cm³/mol. The van der Waals surface area contributed by atoms with Gasteiger partial charge in [-0.2, -0.15) is 0 Å². The van der Waals surface area contributed by atoms with Crippen molar-refractivity contribution in [2.24, 2.45) is 0 Å². The van der Waals surface area contributed by atoms with E-state index in [2.05, 4.69) is 11.8 Å². The van der Waals surface area contributed by atoms with Crippen LogP contribution in [0.5, 0.6) is 0 Å². The maximum atomic E-state index is 14.2. The molecule has 1 aliphatic carbocycles. The number of anilines is 1. The van der Waals surface area contributed by atoms with Crippen molar-refractivity contribution in [1.82, 2.24) is 0 Å². The average molecular weight is 265 g/mol. The molecule has 0 unspecified atom stereocenters. The van der Waals surface area contributed by atoms with E-state index < -0.39 is 6.10 Å². The minimum atomic E-state index is -0.636. The van der Waals surface area contributed by atoms with E-state index in [1.807, 2.05) is 6.07 Å². The van der Waals surface area contributed by atoms with E-state index in [1.54, 1.807) is 13.0 Å². The zero-order valence-electron chi connectivity index (χ0n) is 11.9. The molecule has 1 aromatic carbocycles. The number of nitrogens with zero attached hydrogens (tertiary/aromatic N) is 1. The van der Waals surface area contributed by atoms with Crippen LogP contribution in [-0.4, -0.2) is 17.7 Å². The lowest BCUT2D eigenvalue weighted by molar-refractivity contribution is 0.199. The molecule has 106 valence electrons. The third kappa shape index (κ3) is 3.08. The molecular weight excluding hydrogens is 241 g/mol. The van der Waals surface area contributed by atoms with Gasteiger partial charge in [-0.25, -0.2) is 4.39 Å². The molecule has 0 aliphatic heterocycles. The number of halogens is 1. The van der Waals surface area contributed by atoms with Gasteiger partial charge < -0.3 is 10.0 Å². The first-order valence-electron chi connectivity index (χ1n) is 7.38. The lowest BCUT2D eigenvalue weighted by Gasteiger charge is -2.37. The second kappa shape index (κ2) is 6.38. The summed E-state index contributed by atoms with van der Waals surface area (Å²) in [7, 11) is 0. The highest BCUT2D eigenvalue weighted by atomic mass is 19.1. The van der Waals surface area contributed by atoms with Crippen molar-refractivity contribution < 1.29 is 9.50 Å². The molecule has 1 saturated carbocycles. The molecule has 1 atom stereocenters. The summed E-state index contributed by atoms with van der Waals surface area (Å²) in [6.07, 6.45) is 5.35. The number of benzene rings is 1. The Labute approximate surface area is 115 Å². The highest BCUT2D eigenvalue weighted by molar-refractivity contribution is 5.56. The van der Waals surface area contributed by atoms with Gasteiger partial charge in [0.15, 0.2) is 0 Å². The highest BCUT2D eigenvalue weighted by Crippen LogP contribution is 2.34. The number of hydrogen-bond donors (Lipinski definition) is 1. The topological polar surface area (TPSA) is 23.5 Å². The zero-order valence-corrected chi connectivity index (χ0v) is 11.9. The predicted octanol–water partition coefficient (Wildman–Crippen LogP) is 4.04. The highest BCUT2D eigenvalue weighted by Gasteiger charge is 2.25. The van der Waals surface area contributed by atoms with Crippen molar-refractivity contribution in [1.29, 1.82) is 0 Å². The van der Waals surface area contributed by atoms with E-state index in [9.17, 15) is 9.50 Å². The Morgan fingerprint density at radius 1 is 1.32 bits per heavy atom. The molecule has 0 saturated heterocycles. The molecule has 0 aromatic heterocycles. The van der Waals surface area contributed by atoms with Crippen molar-refractivity contribution in [2.45, 2.75) is 58.1 Å². The van der Waals surface area contributed by atoms with Gasteiger partial charge in [0.05, 0.1) is 11.8 Å². The molecule has 0 spiro atoms. The average Bonchev–Trinajstić information content (AvgIpc) is 2.42. The minimum absolute atomic E-state index is 0.217. The fraction of sp³-hybridized carbons (Fsp3) is 0.625. The van der Waals surface area contributed by atoms with Crippen molar-refractivity contribution in [2.75, 3.05) is 11.4 Å². The third-order valence-corrected chi connectivity index (χ3v) is 4.11. The van der Waals surface area contributed by atoms with Gasteiger partial charge in [0.1, 0.15) is 5.82 Å². The van der Waals surface area contributed by atoms with Gasteiger partial charge in [0.25, 0.3) is 0 Å². The van der Waals surface area contributed by atoms with E-state index in [1.165, 1.54) is 25.3 Å². The summed E-state index contributed by atoms with van der Waals surface area (Å²) in [4.78, 5) is 2.15. The van der Waals surface area contributed by atoms with Gasteiger partial charge in [0.2, 0.25) is 0 Å². The maximum absolute atomic E-state index is 14.2. The van der Waals surface area contributed by atoms with Crippen LogP contribution in [0.15, 0.2) is 18.2 Å². The van der Waals surface area contributed by atoms with Crippen LogP contribution in [0.1, 0.15) is 57.6 Å². The van der Waals surface area contributed by atoms with E-state index >= 15 is 0 Å². The van der Waals surface area contributed by atoms with E-state index in [0.717, 1.165) is 19.4 Å². The lowest BCUT2D eigenvalue weighted by atomic mass is 9.93. The maximum Gasteiger partial charge on any atom is 0.146 e. The monoisotopic (exact) mass is 265 g/mol. The number of hydrogen-bond acceptors (Lipinski definition) is 2. The van der Waals surface area contributed by atoms with Gasteiger partial charge in [-0.1, -0.05) is 31.4 Å². The summed E-state index contributed by atoms with van der Waals surface area (Å²) in [6, 6.07) is 5.41. The molecule has 2 nitrogen and oxygen atoms in total. The van der Waals surface area contributed by atoms with Gasteiger partial charge >= 0.3 is 0 Å². The molecule has 0 radical (unpaired) electrons. The third-order valence-electron chi connectivity index (χ3n) is 4.11. The van der Waals surface area contributed by atoms with Crippen LogP contribution in [-0.2, 0) is 0 Å². The minimum Gasteiger partial charge on any atom is -0.389 e. The smallest absolute Gasteiger partial charge is 0.146 e. The van der Waals surface area contributed by atoms with Crippen LogP contribution < -0.4 is 4.90 Å². The summed E-state index contributed by atoms with van der Waals surface area (Å²) >= 11 is 0. The molecule has 0 heterocycles. The SMILES string of the molecule is CCN(c1c(F)cccc1[C@@H](C)O)C1CCCCC1. The molecular formula is C16H24FNO. The fourth-order valence-electron chi connectivity index (χ4n) is 3.16. The molecule has 19 heavy (non-hydrogen) atoms. The van der Waals surface area contributed by atoms with Crippen LogP contribution >= 0.6 is 0 Å². The Morgan fingerprint density at radius 2 is 2.00 bits per heavy atom.